The molecule has 0 aliphatic rings. The van der Waals surface area contributed by atoms with Gasteiger partial charge in [0.25, 0.3) is 0 Å². The van der Waals surface area contributed by atoms with Gasteiger partial charge in [-0.1, -0.05) is 152 Å². The highest BCUT2D eigenvalue weighted by atomic mass is 15.1. The first-order chi connectivity index (χ1) is 27.8. The lowest BCUT2D eigenvalue weighted by molar-refractivity contribution is 1.18. The van der Waals surface area contributed by atoms with Crippen molar-refractivity contribution in [3.8, 4) is 27.9 Å². The number of hydrogen-bond donors (Lipinski definition) is 0. The Hall–Kier alpha value is -7.42. The molecule has 0 spiro atoms. The Labute approximate surface area is 325 Å². The Bertz CT molecular complexity index is 3210. The van der Waals surface area contributed by atoms with Gasteiger partial charge in [-0.05, 0) is 121 Å². The minimum atomic E-state index is 1.11. The van der Waals surface area contributed by atoms with E-state index in [2.05, 4.69) is 228 Å². The van der Waals surface area contributed by atoms with E-state index in [1.54, 1.807) is 0 Å². The quantitative estimate of drug-likeness (QED) is 0.156. The van der Waals surface area contributed by atoms with Crippen molar-refractivity contribution < 1.29 is 0 Å². The maximum Gasteiger partial charge on any atom is 0.0547 e. The summed E-state index contributed by atoms with van der Waals surface area (Å²) in [5, 5.41) is 10.2. The maximum absolute atomic E-state index is 2.40. The Morgan fingerprint density at radius 1 is 0.286 bits per heavy atom. The average Bonchev–Trinajstić information content (AvgIpc) is 3.62. The second-order valence-corrected chi connectivity index (χ2v) is 14.6. The SMILES string of the molecule is c1ccc(N(c2ccc(-c3ccc(-n4c5ccccc5c5c6ccccc6ccc54)cc3)cc2)c2ccc(-c3ccc4c(ccc5ccccc54)c3)cc2)cc1. The Morgan fingerprint density at radius 2 is 0.768 bits per heavy atom. The van der Waals surface area contributed by atoms with Gasteiger partial charge >= 0.3 is 0 Å². The zero-order valence-corrected chi connectivity index (χ0v) is 30.7. The van der Waals surface area contributed by atoms with Crippen molar-refractivity contribution in [3.05, 3.63) is 218 Å². The number of fused-ring (bicyclic) bond motifs is 8. The summed E-state index contributed by atoms with van der Waals surface area (Å²) in [6.45, 7) is 0. The number of para-hydroxylation sites is 2. The van der Waals surface area contributed by atoms with Crippen molar-refractivity contribution in [2.24, 2.45) is 0 Å². The second kappa shape index (κ2) is 13.2. The average molecular weight is 713 g/mol. The fourth-order valence-electron chi connectivity index (χ4n) is 8.64. The zero-order chi connectivity index (χ0) is 37.0. The molecule has 2 nitrogen and oxygen atoms in total. The molecule has 0 aliphatic carbocycles. The number of hydrogen-bond acceptors (Lipinski definition) is 1. The maximum atomic E-state index is 2.40. The predicted octanol–water partition coefficient (Wildman–Crippen LogP) is 15.0. The monoisotopic (exact) mass is 712 g/mol. The molecule has 0 bridgehead atoms. The van der Waals surface area contributed by atoms with Gasteiger partial charge in [0, 0.05) is 33.5 Å². The molecule has 0 fully saturated rings. The molecule has 2 heteroatoms. The van der Waals surface area contributed by atoms with Crippen LogP contribution in [0.25, 0.3) is 82.1 Å². The lowest BCUT2D eigenvalue weighted by Crippen LogP contribution is -2.09. The summed E-state index contributed by atoms with van der Waals surface area (Å²) in [5.41, 5.74) is 11.7. The van der Waals surface area contributed by atoms with Gasteiger partial charge in [0.05, 0.1) is 11.0 Å². The van der Waals surface area contributed by atoms with E-state index in [4.69, 9.17) is 0 Å². The molecule has 11 rings (SSSR count). The zero-order valence-electron chi connectivity index (χ0n) is 30.7. The van der Waals surface area contributed by atoms with Crippen LogP contribution in [0, 0.1) is 0 Å². The van der Waals surface area contributed by atoms with Crippen molar-refractivity contribution in [2.75, 3.05) is 4.90 Å². The van der Waals surface area contributed by atoms with Gasteiger partial charge in [0.15, 0.2) is 0 Å². The highest BCUT2D eigenvalue weighted by Gasteiger charge is 2.16. The largest absolute Gasteiger partial charge is 0.311 e. The van der Waals surface area contributed by atoms with Gasteiger partial charge in [-0.3, -0.25) is 0 Å². The molecule has 0 saturated carbocycles. The van der Waals surface area contributed by atoms with Crippen LogP contribution in [0.15, 0.2) is 218 Å². The number of benzene rings is 10. The third-order valence-corrected chi connectivity index (χ3v) is 11.4. The minimum Gasteiger partial charge on any atom is -0.311 e. The van der Waals surface area contributed by atoms with Crippen LogP contribution in [0.4, 0.5) is 17.1 Å². The van der Waals surface area contributed by atoms with Gasteiger partial charge < -0.3 is 9.47 Å². The number of rotatable bonds is 6. The first-order valence-corrected chi connectivity index (χ1v) is 19.3. The smallest absolute Gasteiger partial charge is 0.0547 e. The summed E-state index contributed by atoms with van der Waals surface area (Å²) < 4.78 is 2.40. The summed E-state index contributed by atoms with van der Waals surface area (Å²) in [5.74, 6) is 0. The molecule has 262 valence electrons. The van der Waals surface area contributed by atoms with E-state index in [1.165, 1.54) is 76.4 Å². The van der Waals surface area contributed by atoms with Crippen LogP contribution in [0.3, 0.4) is 0 Å². The summed E-state index contributed by atoms with van der Waals surface area (Å²) in [7, 11) is 0. The van der Waals surface area contributed by atoms with Gasteiger partial charge in [-0.15, -0.1) is 0 Å². The van der Waals surface area contributed by atoms with E-state index in [0.717, 1.165) is 22.7 Å². The lowest BCUT2D eigenvalue weighted by Gasteiger charge is -2.26. The molecule has 10 aromatic carbocycles. The molecule has 1 heterocycles. The van der Waals surface area contributed by atoms with Crippen LogP contribution < -0.4 is 4.90 Å². The van der Waals surface area contributed by atoms with E-state index in [0.29, 0.717) is 0 Å². The van der Waals surface area contributed by atoms with Crippen molar-refractivity contribution >= 4 is 71.2 Å². The van der Waals surface area contributed by atoms with Gasteiger partial charge in [-0.2, -0.15) is 0 Å². The molecule has 0 radical (unpaired) electrons. The third-order valence-electron chi connectivity index (χ3n) is 11.4. The number of nitrogens with zero attached hydrogens (tertiary/aromatic N) is 2. The van der Waals surface area contributed by atoms with E-state index < -0.39 is 0 Å². The standard InChI is InChI=1S/C54H36N2/c1-2-12-44(13-3-1)55(46-30-24-39(25-31-46)42-26-34-49-43(36-42)19-18-40-10-4-6-14-48(40)49)45-28-20-37(21-29-45)38-22-32-47(33-23-38)56-52-17-9-8-16-51(52)54-50-15-7-5-11-41(50)27-35-53(54)56/h1-36H. The molecular weight excluding hydrogens is 677 g/mol. The Balaban J connectivity index is 0.911. The summed E-state index contributed by atoms with van der Waals surface area (Å²) in [6.07, 6.45) is 0. The normalized spacial score (nSPS) is 11.6. The van der Waals surface area contributed by atoms with Crippen molar-refractivity contribution in [1.29, 1.82) is 0 Å². The summed E-state index contributed by atoms with van der Waals surface area (Å²) >= 11 is 0. The molecule has 0 amide bonds. The second-order valence-electron chi connectivity index (χ2n) is 14.6. The predicted molar refractivity (Wildman–Crippen MR) is 239 cm³/mol. The van der Waals surface area contributed by atoms with Crippen molar-refractivity contribution in [3.63, 3.8) is 0 Å². The highest BCUT2D eigenvalue weighted by molar-refractivity contribution is 6.21. The van der Waals surface area contributed by atoms with E-state index in [1.807, 2.05) is 0 Å². The molecule has 11 aromatic rings. The summed E-state index contributed by atoms with van der Waals surface area (Å²) in [4.78, 5) is 2.33. The lowest BCUT2D eigenvalue weighted by atomic mass is 9.97. The fourth-order valence-corrected chi connectivity index (χ4v) is 8.64. The molecule has 0 N–H and O–H groups in total. The van der Waals surface area contributed by atoms with Gasteiger partial charge in [0.2, 0.25) is 0 Å². The molecule has 0 aliphatic heterocycles. The molecule has 0 unspecified atom stereocenters. The van der Waals surface area contributed by atoms with Crippen LogP contribution in [-0.4, -0.2) is 4.57 Å². The van der Waals surface area contributed by atoms with Gasteiger partial charge in [0.1, 0.15) is 0 Å². The highest BCUT2D eigenvalue weighted by Crippen LogP contribution is 2.39. The molecule has 1 aromatic heterocycles. The first kappa shape index (κ1) is 32.0. The molecule has 0 atom stereocenters. The van der Waals surface area contributed by atoms with Crippen molar-refractivity contribution in [1.82, 2.24) is 4.57 Å². The Kier molecular flexibility index (Phi) is 7.53. The third kappa shape index (κ3) is 5.34. The first-order valence-electron chi connectivity index (χ1n) is 19.3. The van der Waals surface area contributed by atoms with Crippen LogP contribution in [0.5, 0.6) is 0 Å². The van der Waals surface area contributed by atoms with E-state index in [9.17, 15) is 0 Å². The van der Waals surface area contributed by atoms with Crippen LogP contribution in [0.2, 0.25) is 0 Å². The van der Waals surface area contributed by atoms with Gasteiger partial charge in [-0.25, -0.2) is 0 Å². The molecular formula is C54H36N2. The van der Waals surface area contributed by atoms with E-state index in [-0.39, 0.29) is 0 Å². The minimum absolute atomic E-state index is 1.11. The van der Waals surface area contributed by atoms with Crippen LogP contribution in [-0.2, 0) is 0 Å². The topological polar surface area (TPSA) is 8.17 Å². The summed E-state index contributed by atoms with van der Waals surface area (Å²) in [6, 6.07) is 79.3. The fraction of sp³-hybridized carbons (Fsp3) is 0. The molecule has 0 saturated heterocycles. The molecule has 56 heavy (non-hydrogen) atoms. The van der Waals surface area contributed by atoms with Crippen LogP contribution >= 0.6 is 0 Å². The van der Waals surface area contributed by atoms with E-state index >= 15 is 0 Å². The van der Waals surface area contributed by atoms with Crippen LogP contribution in [0.1, 0.15) is 0 Å². The Morgan fingerprint density at radius 3 is 1.48 bits per heavy atom. The van der Waals surface area contributed by atoms with Crippen molar-refractivity contribution in [2.45, 2.75) is 0 Å². The number of aromatic nitrogens is 1. The number of anilines is 3.